The van der Waals surface area contributed by atoms with Crippen molar-refractivity contribution in [2.75, 3.05) is 18.0 Å². The monoisotopic (exact) mass is 448 g/mol. The fourth-order valence-electron chi connectivity index (χ4n) is 4.77. The summed E-state index contributed by atoms with van der Waals surface area (Å²) in [7, 11) is 0. The van der Waals surface area contributed by atoms with Gasteiger partial charge in [0.05, 0.1) is 9.88 Å². The van der Waals surface area contributed by atoms with Crippen molar-refractivity contribution < 1.29 is 14.0 Å². The first kappa shape index (κ1) is 20.9. The molecule has 3 aromatic rings. The Morgan fingerprint density at radius 2 is 1.75 bits per heavy atom. The van der Waals surface area contributed by atoms with Crippen molar-refractivity contribution in [3.8, 4) is 0 Å². The Morgan fingerprint density at radius 1 is 1.06 bits per heavy atom. The number of amides is 2. The molecule has 1 aliphatic heterocycles. The van der Waals surface area contributed by atoms with Crippen LogP contribution in [-0.4, -0.2) is 29.8 Å². The van der Waals surface area contributed by atoms with E-state index in [0.29, 0.717) is 32.0 Å². The number of nitrogens with zero attached hydrogens (tertiary/aromatic N) is 2. The minimum atomic E-state index is -0.282. The summed E-state index contributed by atoms with van der Waals surface area (Å²) in [5.74, 6) is 0.242. The number of rotatable bonds is 6. The van der Waals surface area contributed by atoms with Crippen LogP contribution < -0.4 is 4.90 Å². The van der Waals surface area contributed by atoms with Crippen molar-refractivity contribution in [2.24, 2.45) is 5.92 Å². The van der Waals surface area contributed by atoms with Gasteiger partial charge in [-0.25, -0.2) is 9.18 Å². The lowest BCUT2D eigenvalue weighted by Crippen LogP contribution is -2.30. The van der Waals surface area contributed by atoms with Crippen LogP contribution in [0.5, 0.6) is 0 Å². The molecule has 0 unspecified atom stereocenters. The van der Waals surface area contributed by atoms with Crippen molar-refractivity contribution in [1.29, 1.82) is 0 Å². The summed E-state index contributed by atoms with van der Waals surface area (Å²) in [6, 6.07) is 16.6. The third-order valence-corrected chi connectivity index (χ3v) is 7.72. The van der Waals surface area contributed by atoms with Gasteiger partial charge in [0.25, 0.3) is 0 Å². The van der Waals surface area contributed by atoms with Crippen molar-refractivity contribution in [3.05, 3.63) is 87.5 Å². The summed E-state index contributed by atoms with van der Waals surface area (Å²) in [6.45, 7) is 3.60. The SMILES string of the molecule is Cc1cc(N2CCN(Cc3ccc(F)cc3)C2=O)sc1C(=O)CC1Cc2ccccc2C1. The third-order valence-electron chi connectivity index (χ3n) is 6.42. The number of anilines is 1. The highest BCUT2D eigenvalue weighted by atomic mass is 32.1. The van der Waals surface area contributed by atoms with E-state index in [4.69, 9.17) is 0 Å². The van der Waals surface area contributed by atoms with Gasteiger partial charge in [0.2, 0.25) is 0 Å². The minimum absolute atomic E-state index is 0.0687. The number of carbonyl (C=O) groups excluding carboxylic acids is 2. The summed E-state index contributed by atoms with van der Waals surface area (Å²) >= 11 is 1.43. The van der Waals surface area contributed by atoms with E-state index in [-0.39, 0.29) is 17.6 Å². The number of ketones is 1. The predicted molar refractivity (Wildman–Crippen MR) is 125 cm³/mol. The molecule has 2 heterocycles. The number of halogens is 1. The molecule has 2 aliphatic rings. The van der Waals surface area contributed by atoms with E-state index in [9.17, 15) is 14.0 Å². The van der Waals surface area contributed by atoms with Crippen molar-refractivity contribution in [1.82, 2.24) is 4.90 Å². The van der Waals surface area contributed by atoms with Gasteiger partial charge in [-0.05, 0) is 66.1 Å². The Balaban J connectivity index is 1.25. The molecular weight excluding hydrogens is 423 g/mol. The summed E-state index contributed by atoms with van der Waals surface area (Å²) in [6.07, 6.45) is 2.46. The molecule has 32 heavy (non-hydrogen) atoms. The smallest absolute Gasteiger partial charge is 0.318 e. The predicted octanol–water partition coefficient (Wildman–Crippen LogP) is 5.63. The van der Waals surface area contributed by atoms with Crippen LogP contribution in [-0.2, 0) is 19.4 Å². The van der Waals surface area contributed by atoms with Gasteiger partial charge < -0.3 is 4.90 Å². The molecule has 0 bridgehead atoms. The molecule has 4 nitrogen and oxygen atoms in total. The van der Waals surface area contributed by atoms with Gasteiger partial charge >= 0.3 is 6.03 Å². The number of aryl methyl sites for hydroxylation is 1. The lowest BCUT2D eigenvalue weighted by Gasteiger charge is -2.17. The summed E-state index contributed by atoms with van der Waals surface area (Å²) in [5, 5.41) is 0.826. The number of thiophene rings is 1. The number of urea groups is 1. The summed E-state index contributed by atoms with van der Waals surface area (Å²) in [4.78, 5) is 30.3. The molecule has 0 spiro atoms. The van der Waals surface area contributed by atoms with Crippen LogP contribution in [0.25, 0.3) is 0 Å². The maximum Gasteiger partial charge on any atom is 0.325 e. The lowest BCUT2D eigenvalue weighted by molar-refractivity contribution is 0.0966. The van der Waals surface area contributed by atoms with E-state index >= 15 is 0 Å². The Kier molecular flexibility index (Phi) is 5.55. The van der Waals surface area contributed by atoms with E-state index < -0.39 is 0 Å². The molecule has 1 aliphatic carbocycles. The summed E-state index contributed by atoms with van der Waals surface area (Å²) in [5.41, 5.74) is 4.56. The quantitative estimate of drug-likeness (QED) is 0.459. The average molecular weight is 449 g/mol. The van der Waals surface area contributed by atoms with Gasteiger partial charge in [-0.3, -0.25) is 9.69 Å². The van der Waals surface area contributed by atoms with Gasteiger partial charge in [-0.2, -0.15) is 0 Å². The second kappa shape index (κ2) is 8.51. The molecule has 164 valence electrons. The molecule has 2 amide bonds. The van der Waals surface area contributed by atoms with E-state index in [1.165, 1.54) is 34.6 Å². The Labute approximate surface area is 191 Å². The zero-order valence-electron chi connectivity index (χ0n) is 18.0. The van der Waals surface area contributed by atoms with Crippen molar-refractivity contribution in [2.45, 2.75) is 32.7 Å². The second-order valence-corrected chi connectivity index (χ2v) is 9.78. The van der Waals surface area contributed by atoms with Crippen LogP contribution in [0, 0.1) is 18.7 Å². The number of Topliss-reactive ketones (excluding diaryl/α,β-unsaturated/α-hetero) is 1. The van der Waals surface area contributed by atoms with Gasteiger partial charge in [-0.1, -0.05) is 36.4 Å². The summed E-state index contributed by atoms with van der Waals surface area (Å²) < 4.78 is 13.1. The lowest BCUT2D eigenvalue weighted by atomic mass is 9.98. The maximum atomic E-state index is 13.1. The Bertz CT molecular complexity index is 1150. The van der Waals surface area contributed by atoms with E-state index in [1.54, 1.807) is 21.9 Å². The van der Waals surface area contributed by atoms with Gasteiger partial charge in [0.15, 0.2) is 5.78 Å². The number of fused-ring (bicyclic) bond motifs is 1. The molecule has 1 saturated heterocycles. The highest BCUT2D eigenvalue weighted by molar-refractivity contribution is 7.18. The zero-order valence-corrected chi connectivity index (χ0v) is 18.8. The van der Waals surface area contributed by atoms with Gasteiger partial charge in [0, 0.05) is 26.1 Å². The largest absolute Gasteiger partial charge is 0.325 e. The molecule has 5 rings (SSSR count). The highest BCUT2D eigenvalue weighted by Gasteiger charge is 2.32. The van der Waals surface area contributed by atoms with Gasteiger partial charge in [-0.15, -0.1) is 11.3 Å². The van der Waals surface area contributed by atoms with E-state index in [2.05, 4.69) is 24.3 Å². The Hall–Kier alpha value is -2.99. The van der Waals surface area contributed by atoms with Crippen molar-refractivity contribution in [3.63, 3.8) is 0 Å². The van der Waals surface area contributed by atoms with E-state index in [0.717, 1.165) is 33.8 Å². The van der Waals surface area contributed by atoms with E-state index in [1.807, 2.05) is 13.0 Å². The standard InChI is InChI=1S/C26H25FN2O2S/c1-17-12-24(29-11-10-28(26(29)31)16-18-6-8-22(27)9-7-18)32-25(17)23(30)15-19-13-20-4-2-3-5-21(20)14-19/h2-9,12,19H,10-11,13-16H2,1H3. The number of carbonyl (C=O) groups is 2. The van der Waals surface area contributed by atoms with Crippen LogP contribution in [0.4, 0.5) is 14.2 Å². The number of benzene rings is 2. The highest BCUT2D eigenvalue weighted by Crippen LogP contribution is 2.35. The number of hydrogen-bond acceptors (Lipinski definition) is 3. The molecular formula is C26H25FN2O2S. The van der Waals surface area contributed by atoms with Crippen LogP contribution in [0.2, 0.25) is 0 Å². The van der Waals surface area contributed by atoms with Crippen LogP contribution in [0.1, 0.15) is 38.3 Å². The molecule has 0 radical (unpaired) electrons. The normalized spacial score (nSPS) is 16.1. The van der Waals surface area contributed by atoms with Crippen LogP contribution in [0.15, 0.2) is 54.6 Å². The topological polar surface area (TPSA) is 40.6 Å². The van der Waals surface area contributed by atoms with Crippen LogP contribution >= 0.6 is 11.3 Å². The maximum absolute atomic E-state index is 13.1. The molecule has 1 fully saturated rings. The zero-order chi connectivity index (χ0) is 22.2. The average Bonchev–Trinajstić information content (AvgIpc) is 3.46. The fourth-order valence-corrected chi connectivity index (χ4v) is 5.91. The molecule has 0 atom stereocenters. The number of hydrogen-bond donors (Lipinski definition) is 0. The first-order chi connectivity index (χ1) is 15.5. The first-order valence-electron chi connectivity index (χ1n) is 11.0. The first-order valence-corrected chi connectivity index (χ1v) is 11.8. The molecule has 0 saturated carbocycles. The molecule has 1 aromatic heterocycles. The molecule has 2 aromatic carbocycles. The molecule has 0 N–H and O–H groups in total. The van der Waals surface area contributed by atoms with Crippen molar-refractivity contribution >= 4 is 28.2 Å². The van der Waals surface area contributed by atoms with Crippen LogP contribution in [0.3, 0.4) is 0 Å². The van der Waals surface area contributed by atoms with Gasteiger partial charge in [0.1, 0.15) is 5.82 Å². The Morgan fingerprint density at radius 3 is 2.44 bits per heavy atom. The minimum Gasteiger partial charge on any atom is -0.318 e. The third kappa shape index (κ3) is 4.07. The molecule has 6 heteroatoms. The second-order valence-electron chi connectivity index (χ2n) is 8.75. The fraction of sp³-hybridized carbons (Fsp3) is 0.308.